The number of rotatable bonds is 12. The lowest BCUT2D eigenvalue weighted by Crippen LogP contribution is -2.47. The molecule has 0 amide bonds. The molecule has 2 aliphatic heterocycles. The van der Waals surface area contributed by atoms with Crippen molar-refractivity contribution in [2.75, 3.05) is 26.2 Å². The van der Waals surface area contributed by atoms with Gasteiger partial charge in [0, 0.05) is 37.4 Å². The molecule has 0 radical (unpaired) electrons. The first-order valence-corrected chi connectivity index (χ1v) is 10.5. The van der Waals surface area contributed by atoms with Crippen LogP contribution in [-0.2, 0) is 0 Å². The summed E-state index contributed by atoms with van der Waals surface area (Å²) >= 11 is 0. The standard InChI is InChI=1S/C20H38N6/c1-5-7-9-19(21-11-12-22-19)17(3)15-25-26-16-18(4)20(10-8-6-2)23-13-14-24-20/h11,13,17-18,22,24H,5-10,12,14-16H2,1-4H3. The van der Waals surface area contributed by atoms with E-state index in [4.69, 9.17) is 9.98 Å². The fourth-order valence-electron chi connectivity index (χ4n) is 3.91. The molecule has 2 rings (SSSR count). The van der Waals surface area contributed by atoms with Gasteiger partial charge in [0.05, 0.1) is 13.1 Å². The van der Waals surface area contributed by atoms with E-state index in [-0.39, 0.29) is 11.3 Å². The van der Waals surface area contributed by atoms with Gasteiger partial charge in [-0.25, -0.2) is 0 Å². The molecule has 6 heteroatoms. The van der Waals surface area contributed by atoms with Crippen molar-refractivity contribution in [3.63, 3.8) is 0 Å². The number of hydrogen-bond acceptors (Lipinski definition) is 6. The molecule has 0 aromatic heterocycles. The van der Waals surface area contributed by atoms with Crippen LogP contribution >= 0.6 is 0 Å². The van der Waals surface area contributed by atoms with Crippen molar-refractivity contribution in [3.05, 3.63) is 0 Å². The van der Waals surface area contributed by atoms with Crippen LogP contribution in [0.4, 0.5) is 0 Å². The van der Waals surface area contributed by atoms with E-state index in [1.165, 1.54) is 25.7 Å². The maximum atomic E-state index is 4.76. The molecule has 0 bridgehead atoms. The third-order valence-electron chi connectivity index (χ3n) is 5.91. The van der Waals surface area contributed by atoms with Gasteiger partial charge in [-0.3, -0.25) is 20.6 Å². The fraction of sp³-hybridized carbons (Fsp3) is 0.900. The summed E-state index contributed by atoms with van der Waals surface area (Å²) in [7, 11) is 0. The predicted molar refractivity (Wildman–Crippen MR) is 110 cm³/mol. The Kier molecular flexibility index (Phi) is 8.35. The Morgan fingerprint density at radius 3 is 1.58 bits per heavy atom. The van der Waals surface area contributed by atoms with Gasteiger partial charge in [0.25, 0.3) is 0 Å². The van der Waals surface area contributed by atoms with Gasteiger partial charge in [-0.05, 0) is 25.7 Å². The molecule has 2 heterocycles. The third kappa shape index (κ3) is 5.19. The van der Waals surface area contributed by atoms with E-state index in [1.54, 1.807) is 0 Å². The average Bonchev–Trinajstić information content (AvgIpc) is 3.32. The minimum absolute atomic E-state index is 0.139. The lowest BCUT2D eigenvalue weighted by atomic mass is 9.89. The van der Waals surface area contributed by atoms with Gasteiger partial charge in [-0.2, -0.15) is 10.2 Å². The summed E-state index contributed by atoms with van der Waals surface area (Å²) in [6.45, 7) is 12.1. The fourth-order valence-corrected chi connectivity index (χ4v) is 3.91. The average molecular weight is 363 g/mol. The van der Waals surface area contributed by atoms with Crippen LogP contribution in [0, 0.1) is 11.8 Å². The van der Waals surface area contributed by atoms with E-state index < -0.39 is 0 Å². The van der Waals surface area contributed by atoms with Crippen molar-refractivity contribution in [3.8, 4) is 0 Å². The molecule has 0 aromatic carbocycles. The van der Waals surface area contributed by atoms with Gasteiger partial charge in [0.2, 0.25) is 0 Å². The van der Waals surface area contributed by atoms with E-state index in [0.717, 1.165) is 39.0 Å². The van der Waals surface area contributed by atoms with Gasteiger partial charge in [0.15, 0.2) is 0 Å². The number of hydrogen-bond donors (Lipinski definition) is 2. The summed E-state index contributed by atoms with van der Waals surface area (Å²) < 4.78 is 0. The molecule has 6 nitrogen and oxygen atoms in total. The van der Waals surface area contributed by atoms with Gasteiger partial charge < -0.3 is 0 Å². The summed E-state index contributed by atoms with van der Waals surface area (Å²) in [5, 5.41) is 16.2. The lowest BCUT2D eigenvalue weighted by Gasteiger charge is -2.33. The van der Waals surface area contributed by atoms with Crippen molar-refractivity contribution in [2.45, 2.75) is 77.5 Å². The Morgan fingerprint density at radius 1 is 0.846 bits per heavy atom. The van der Waals surface area contributed by atoms with Gasteiger partial charge in [0.1, 0.15) is 11.3 Å². The Balaban J connectivity index is 1.85. The highest BCUT2D eigenvalue weighted by Gasteiger charge is 2.37. The Morgan fingerprint density at radius 2 is 1.27 bits per heavy atom. The van der Waals surface area contributed by atoms with E-state index in [2.05, 4.69) is 48.6 Å². The molecule has 0 spiro atoms. The van der Waals surface area contributed by atoms with E-state index in [0.29, 0.717) is 11.8 Å². The first kappa shape index (κ1) is 21.2. The molecule has 2 aliphatic rings. The third-order valence-corrected chi connectivity index (χ3v) is 5.91. The minimum atomic E-state index is -0.139. The van der Waals surface area contributed by atoms with Crippen molar-refractivity contribution in [1.29, 1.82) is 0 Å². The first-order valence-electron chi connectivity index (χ1n) is 10.5. The quantitative estimate of drug-likeness (QED) is 0.518. The molecular weight excluding hydrogens is 324 g/mol. The van der Waals surface area contributed by atoms with Crippen LogP contribution in [0.2, 0.25) is 0 Å². The van der Waals surface area contributed by atoms with Crippen LogP contribution < -0.4 is 10.6 Å². The molecule has 2 N–H and O–H groups in total. The Hall–Kier alpha value is -1.14. The second-order valence-corrected chi connectivity index (χ2v) is 7.89. The molecule has 0 aromatic rings. The Labute approximate surface area is 159 Å². The highest BCUT2D eigenvalue weighted by atomic mass is 15.2. The predicted octanol–water partition coefficient (Wildman–Crippen LogP) is 3.83. The van der Waals surface area contributed by atoms with Crippen molar-refractivity contribution >= 4 is 12.4 Å². The summed E-state index contributed by atoms with van der Waals surface area (Å²) in [6.07, 6.45) is 10.9. The molecular formula is C20H38N6. The van der Waals surface area contributed by atoms with Gasteiger partial charge >= 0.3 is 0 Å². The van der Waals surface area contributed by atoms with Crippen LogP contribution in [0.3, 0.4) is 0 Å². The summed E-state index contributed by atoms with van der Waals surface area (Å²) in [5.74, 6) is 0.701. The maximum absolute atomic E-state index is 4.76. The van der Waals surface area contributed by atoms with E-state index in [1.807, 2.05) is 12.4 Å². The molecule has 148 valence electrons. The summed E-state index contributed by atoms with van der Waals surface area (Å²) in [6, 6.07) is 0. The zero-order chi connectivity index (χ0) is 18.9. The number of azo groups is 1. The van der Waals surface area contributed by atoms with Crippen LogP contribution in [0.1, 0.15) is 66.2 Å². The first-order chi connectivity index (χ1) is 12.6. The molecule has 0 saturated heterocycles. The van der Waals surface area contributed by atoms with E-state index in [9.17, 15) is 0 Å². The smallest absolute Gasteiger partial charge is 0.115 e. The Bertz CT molecular complexity index is 459. The second-order valence-electron chi connectivity index (χ2n) is 7.89. The van der Waals surface area contributed by atoms with Crippen LogP contribution in [0.5, 0.6) is 0 Å². The number of nitrogens with zero attached hydrogens (tertiary/aromatic N) is 4. The van der Waals surface area contributed by atoms with Crippen molar-refractivity contribution < 1.29 is 0 Å². The number of aliphatic imine (C=N–C) groups is 2. The van der Waals surface area contributed by atoms with Crippen LogP contribution in [-0.4, -0.2) is 49.9 Å². The monoisotopic (exact) mass is 362 g/mol. The normalized spacial score (nSPS) is 30.5. The molecule has 4 unspecified atom stereocenters. The summed E-state index contributed by atoms with van der Waals surface area (Å²) in [4.78, 5) is 9.52. The van der Waals surface area contributed by atoms with Gasteiger partial charge in [-0.15, -0.1) is 0 Å². The second kappa shape index (κ2) is 10.3. The van der Waals surface area contributed by atoms with Gasteiger partial charge in [-0.1, -0.05) is 40.5 Å². The number of nitrogens with one attached hydrogen (secondary N) is 2. The number of unbranched alkanes of at least 4 members (excludes halogenated alkanes) is 2. The summed E-state index contributed by atoms with van der Waals surface area (Å²) in [5.41, 5.74) is -0.277. The molecule has 4 atom stereocenters. The van der Waals surface area contributed by atoms with Crippen molar-refractivity contribution in [2.24, 2.45) is 32.0 Å². The minimum Gasteiger partial charge on any atom is -0.288 e. The molecule has 0 aliphatic carbocycles. The van der Waals surface area contributed by atoms with E-state index >= 15 is 0 Å². The lowest BCUT2D eigenvalue weighted by molar-refractivity contribution is 0.228. The van der Waals surface area contributed by atoms with Crippen LogP contribution in [0.15, 0.2) is 20.2 Å². The zero-order valence-electron chi connectivity index (χ0n) is 17.2. The highest BCUT2D eigenvalue weighted by molar-refractivity contribution is 5.63. The SMILES string of the molecule is CCCCC1(C(C)CN=NCC(C)C2(CCCC)N=CCN2)N=CCN1. The molecule has 0 fully saturated rings. The zero-order valence-corrected chi connectivity index (χ0v) is 17.2. The topological polar surface area (TPSA) is 73.5 Å². The molecule has 26 heavy (non-hydrogen) atoms. The van der Waals surface area contributed by atoms with Crippen LogP contribution in [0.25, 0.3) is 0 Å². The van der Waals surface area contributed by atoms with Crippen molar-refractivity contribution in [1.82, 2.24) is 10.6 Å². The molecule has 0 saturated carbocycles. The maximum Gasteiger partial charge on any atom is 0.115 e. The highest BCUT2D eigenvalue weighted by Crippen LogP contribution is 2.29. The largest absolute Gasteiger partial charge is 0.288 e.